The Labute approximate surface area is 153 Å². The van der Waals surface area contributed by atoms with Crippen molar-refractivity contribution in [1.29, 1.82) is 5.26 Å². The third-order valence-corrected chi connectivity index (χ3v) is 5.22. The van der Waals surface area contributed by atoms with Gasteiger partial charge < -0.3 is 9.64 Å². The molecule has 0 aliphatic carbocycles. The van der Waals surface area contributed by atoms with E-state index in [1.807, 2.05) is 30.3 Å². The Morgan fingerprint density at radius 3 is 3.00 bits per heavy atom. The number of carbonyl (C=O) groups is 1. The summed E-state index contributed by atoms with van der Waals surface area (Å²) in [6.07, 6.45) is 4.35. The molecule has 1 saturated heterocycles. The number of hydrogen-bond donors (Lipinski definition) is 0. The van der Waals surface area contributed by atoms with E-state index < -0.39 is 0 Å². The molecule has 8 heteroatoms. The number of benzene rings is 1. The maximum Gasteiger partial charge on any atom is 0.282 e. The summed E-state index contributed by atoms with van der Waals surface area (Å²) >= 11 is 1.40. The van der Waals surface area contributed by atoms with Crippen molar-refractivity contribution in [2.75, 3.05) is 13.1 Å². The first-order valence-electron chi connectivity index (χ1n) is 8.27. The molecule has 0 unspecified atom stereocenters. The van der Waals surface area contributed by atoms with Crippen LogP contribution in [0.1, 0.15) is 28.3 Å². The van der Waals surface area contributed by atoms with Crippen LogP contribution in [0.2, 0.25) is 0 Å². The van der Waals surface area contributed by atoms with Gasteiger partial charge >= 0.3 is 0 Å². The summed E-state index contributed by atoms with van der Waals surface area (Å²) in [4.78, 5) is 27.1. The average Bonchev–Trinajstić information content (AvgIpc) is 3.12. The van der Waals surface area contributed by atoms with Crippen LogP contribution in [-0.4, -0.2) is 45.0 Å². The van der Waals surface area contributed by atoms with Crippen molar-refractivity contribution in [3.63, 3.8) is 0 Å². The Morgan fingerprint density at radius 1 is 1.31 bits per heavy atom. The molecule has 130 valence electrons. The first kappa shape index (κ1) is 16.4. The van der Waals surface area contributed by atoms with Gasteiger partial charge in [0.1, 0.15) is 12.2 Å². The fourth-order valence-corrected chi connectivity index (χ4v) is 3.90. The van der Waals surface area contributed by atoms with E-state index in [1.165, 1.54) is 23.7 Å². The van der Waals surface area contributed by atoms with E-state index in [2.05, 4.69) is 15.0 Å². The van der Waals surface area contributed by atoms with Crippen molar-refractivity contribution in [3.8, 4) is 11.9 Å². The lowest BCUT2D eigenvalue weighted by molar-refractivity contribution is 0.0526. The Bertz CT molecular complexity index is 963. The molecule has 3 heterocycles. The maximum absolute atomic E-state index is 12.8. The molecule has 1 atom stereocenters. The number of nitriles is 1. The molecule has 0 radical (unpaired) electrons. The Morgan fingerprint density at radius 2 is 2.15 bits per heavy atom. The molecule has 1 aliphatic rings. The number of aromatic nitrogens is 3. The van der Waals surface area contributed by atoms with Crippen LogP contribution in [0.15, 0.2) is 36.7 Å². The Hall–Kier alpha value is -3.05. The van der Waals surface area contributed by atoms with Gasteiger partial charge in [-0.2, -0.15) is 5.26 Å². The van der Waals surface area contributed by atoms with Crippen LogP contribution in [0, 0.1) is 11.3 Å². The minimum Gasteiger partial charge on any atom is -0.470 e. The molecular weight excluding hydrogens is 350 g/mol. The molecule has 3 aromatic rings. The zero-order valence-corrected chi connectivity index (χ0v) is 14.6. The highest BCUT2D eigenvalue weighted by Gasteiger charge is 2.28. The van der Waals surface area contributed by atoms with Crippen LogP contribution in [0.3, 0.4) is 0 Å². The van der Waals surface area contributed by atoms with Gasteiger partial charge in [0.15, 0.2) is 5.01 Å². The lowest BCUT2D eigenvalue weighted by Crippen LogP contribution is -2.44. The lowest BCUT2D eigenvalue weighted by atomic mass is 10.1. The van der Waals surface area contributed by atoms with Gasteiger partial charge in [-0.05, 0) is 25.0 Å². The molecule has 2 aromatic heterocycles. The van der Waals surface area contributed by atoms with Crippen LogP contribution in [-0.2, 0) is 0 Å². The van der Waals surface area contributed by atoms with Gasteiger partial charge in [-0.25, -0.2) is 15.0 Å². The molecule has 1 amide bonds. The fraction of sp³-hybridized carbons (Fsp3) is 0.278. The largest absolute Gasteiger partial charge is 0.470 e. The zero-order chi connectivity index (χ0) is 17.9. The SMILES string of the molecule is N#Cc1nccnc1O[C@@H]1CCCN(C(=O)c2nc3ccccc3s2)C1. The summed E-state index contributed by atoms with van der Waals surface area (Å²) in [6, 6.07) is 9.69. The number of rotatable bonds is 3. The van der Waals surface area contributed by atoms with Gasteiger partial charge in [0, 0.05) is 18.9 Å². The predicted molar refractivity (Wildman–Crippen MR) is 95.9 cm³/mol. The highest BCUT2D eigenvalue weighted by Crippen LogP contribution is 2.25. The highest BCUT2D eigenvalue weighted by molar-refractivity contribution is 7.20. The third kappa shape index (κ3) is 3.21. The molecule has 26 heavy (non-hydrogen) atoms. The van der Waals surface area contributed by atoms with Gasteiger partial charge in [0.25, 0.3) is 11.8 Å². The number of piperidine rings is 1. The molecule has 0 N–H and O–H groups in total. The number of para-hydroxylation sites is 1. The first-order chi connectivity index (χ1) is 12.7. The summed E-state index contributed by atoms with van der Waals surface area (Å²) in [7, 11) is 0. The number of ether oxygens (including phenoxy) is 1. The second kappa shape index (κ2) is 7.06. The van der Waals surface area contributed by atoms with Crippen molar-refractivity contribution >= 4 is 27.5 Å². The van der Waals surface area contributed by atoms with Gasteiger partial charge in [0.05, 0.1) is 16.8 Å². The second-order valence-corrected chi connectivity index (χ2v) is 6.97. The van der Waals surface area contributed by atoms with Crippen LogP contribution >= 0.6 is 11.3 Å². The number of amides is 1. The summed E-state index contributed by atoms with van der Waals surface area (Å²) in [5, 5.41) is 9.59. The first-order valence-corrected chi connectivity index (χ1v) is 9.09. The summed E-state index contributed by atoms with van der Waals surface area (Å²) in [5.41, 5.74) is 0.992. The number of hydrogen-bond acceptors (Lipinski definition) is 7. The van der Waals surface area contributed by atoms with Crippen LogP contribution in [0.4, 0.5) is 0 Å². The number of fused-ring (bicyclic) bond motifs is 1. The van der Waals surface area contributed by atoms with Gasteiger partial charge in [-0.3, -0.25) is 4.79 Å². The Balaban J connectivity index is 1.49. The van der Waals surface area contributed by atoms with Crippen molar-refractivity contribution < 1.29 is 9.53 Å². The molecule has 0 saturated carbocycles. The van der Waals surface area contributed by atoms with Gasteiger partial charge in [0.2, 0.25) is 5.69 Å². The van der Waals surface area contributed by atoms with Crippen molar-refractivity contribution in [1.82, 2.24) is 19.9 Å². The van der Waals surface area contributed by atoms with Crippen molar-refractivity contribution in [2.45, 2.75) is 18.9 Å². The number of nitrogens with zero attached hydrogens (tertiary/aromatic N) is 5. The van der Waals surface area contributed by atoms with Crippen LogP contribution in [0.5, 0.6) is 5.88 Å². The van der Waals surface area contributed by atoms with E-state index in [4.69, 9.17) is 10.00 Å². The smallest absolute Gasteiger partial charge is 0.282 e. The standard InChI is InChI=1S/C18H15N5O2S/c19-10-14-16(21-8-7-20-14)25-12-4-3-9-23(11-12)18(24)17-22-13-5-1-2-6-15(13)26-17/h1-2,5-8,12H,3-4,9,11H2/t12-/m1/s1. The molecule has 0 spiro atoms. The van der Waals surface area contributed by atoms with Crippen LogP contribution < -0.4 is 4.74 Å². The summed E-state index contributed by atoms with van der Waals surface area (Å²) < 4.78 is 6.84. The quantitative estimate of drug-likeness (QED) is 0.708. The maximum atomic E-state index is 12.8. The fourth-order valence-electron chi connectivity index (χ4n) is 2.96. The summed E-state index contributed by atoms with van der Waals surface area (Å²) in [6.45, 7) is 1.11. The van der Waals surface area contributed by atoms with E-state index in [0.29, 0.717) is 18.1 Å². The van der Waals surface area contributed by atoms with Gasteiger partial charge in [-0.1, -0.05) is 12.1 Å². The minimum absolute atomic E-state index is 0.0841. The third-order valence-electron chi connectivity index (χ3n) is 4.19. The number of carbonyl (C=O) groups excluding carboxylic acids is 1. The Kier molecular flexibility index (Phi) is 4.46. The van der Waals surface area contributed by atoms with E-state index in [0.717, 1.165) is 23.1 Å². The molecule has 7 nitrogen and oxygen atoms in total. The predicted octanol–water partition coefficient (Wildman–Crippen LogP) is 2.64. The van der Waals surface area contributed by atoms with Crippen molar-refractivity contribution in [3.05, 3.63) is 47.4 Å². The van der Waals surface area contributed by atoms with E-state index in [9.17, 15) is 4.79 Å². The van der Waals surface area contributed by atoms with Gasteiger partial charge in [-0.15, -0.1) is 11.3 Å². The van der Waals surface area contributed by atoms with Crippen LogP contribution in [0.25, 0.3) is 10.2 Å². The summed E-state index contributed by atoms with van der Waals surface area (Å²) in [5.74, 6) is 0.133. The molecule has 0 bridgehead atoms. The molecule has 1 aromatic carbocycles. The average molecular weight is 365 g/mol. The normalized spacial score (nSPS) is 17.0. The number of thiazole rings is 1. The highest BCUT2D eigenvalue weighted by atomic mass is 32.1. The molecule has 4 rings (SSSR count). The topological polar surface area (TPSA) is 92.0 Å². The van der Waals surface area contributed by atoms with Crippen molar-refractivity contribution in [2.24, 2.45) is 0 Å². The zero-order valence-electron chi connectivity index (χ0n) is 13.8. The number of likely N-dealkylation sites (tertiary alicyclic amines) is 1. The lowest BCUT2D eigenvalue weighted by Gasteiger charge is -2.32. The van der Waals surface area contributed by atoms with E-state index in [1.54, 1.807) is 4.90 Å². The van der Waals surface area contributed by atoms with E-state index in [-0.39, 0.29) is 23.6 Å². The molecular formula is C18H15N5O2S. The monoisotopic (exact) mass is 365 g/mol. The minimum atomic E-state index is -0.217. The molecule has 1 fully saturated rings. The molecule has 1 aliphatic heterocycles. The second-order valence-electron chi connectivity index (χ2n) is 5.94. The van der Waals surface area contributed by atoms with E-state index >= 15 is 0 Å².